The molecular weight excluding hydrogens is 347 g/mol. The lowest BCUT2D eigenvalue weighted by Crippen LogP contribution is -2.50. The molecule has 8 heteroatoms. The van der Waals surface area contributed by atoms with Crippen molar-refractivity contribution in [3.05, 3.63) is 35.6 Å². The fraction of sp³-hybridized carbons (Fsp3) is 0.529. The zero-order valence-corrected chi connectivity index (χ0v) is 14.7. The van der Waals surface area contributed by atoms with Gasteiger partial charge >= 0.3 is 0 Å². The summed E-state index contributed by atoms with van der Waals surface area (Å²) in [5.41, 5.74) is 0.302. The van der Waals surface area contributed by atoms with Crippen LogP contribution < -0.4 is 0 Å². The molecule has 2 aliphatic heterocycles. The van der Waals surface area contributed by atoms with Crippen LogP contribution in [0.2, 0.25) is 0 Å². The molecule has 2 saturated heterocycles. The van der Waals surface area contributed by atoms with E-state index < -0.39 is 15.7 Å². The maximum atomic E-state index is 13.2. The summed E-state index contributed by atoms with van der Waals surface area (Å²) in [6, 6.07) is 5.57. The normalized spacial score (nSPS) is 22.8. The average Bonchev–Trinajstić information content (AvgIpc) is 2.93. The van der Waals surface area contributed by atoms with Gasteiger partial charge in [0.15, 0.2) is 9.84 Å². The number of rotatable bonds is 3. The molecule has 0 N–H and O–H groups in total. The molecule has 2 fully saturated rings. The second-order valence-electron chi connectivity index (χ2n) is 6.66. The topological polar surface area (TPSA) is 74.8 Å². The van der Waals surface area contributed by atoms with Crippen LogP contribution in [-0.2, 0) is 14.6 Å². The van der Waals surface area contributed by atoms with E-state index in [1.165, 1.54) is 18.2 Å². The van der Waals surface area contributed by atoms with Crippen molar-refractivity contribution in [2.45, 2.75) is 12.8 Å². The van der Waals surface area contributed by atoms with E-state index in [0.717, 1.165) is 0 Å². The van der Waals surface area contributed by atoms with E-state index in [4.69, 9.17) is 0 Å². The molecular formula is C17H21FN2O4S. The Kier molecular flexibility index (Phi) is 5.08. The Labute approximate surface area is 146 Å². The van der Waals surface area contributed by atoms with Crippen LogP contribution in [0.3, 0.4) is 0 Å². The van der Waals surface area contributed by atoms with Gasteiger partial charge in [0.2, 0.25) is 5.91 Å². The van der Waals surface area contributed by atoms with Crippen LogP contribution in [0.25, 0.3) is 0 Å². The van der Waals surface area contributed by atoms with Gasteiger partial charge in [-0.3, -0.25) is 9.59 Å². The van der Waals surface area contributed by atoms with E-state index in [1.807, 2.05) is 0 Å². The summed E-state index contributed by atoms with van der Waals surface area (Å²) in [5, 5.41) is 0. The number of amides is 2. The standard InChI is InChI=1S/C17H21FN2O4S/c18-15-3-1-2-14(11-15)17(22)20-7-5-19(6-8-20)16(21)10-13-4-9-25(23,24)12-13/h1-3,11,13H,4-10,12H2. The quantitative estimate of drug-likeness (QED) is 0.796. The number of nitrogens with zero attached hydrogens (tertiary/aromatic N) is 2. The fourth-order valence-electron chi connectivity index (χ4n) is 3.37. The Balaban J connectivity index is 1.51. The first-order valence-corrected chi connectivity index (χ1v) is 10.2. The number of carbonyl (C=O) groups excluding carboxylic acids is 2. The smallest absolute Gasteiger partial charge is 0.254 e. The molecule has 2 amide bonds. The van der Waals surface area contributed by atoms with E-state index in [-0.39, 0.29) is 35.7 Å². The third kappa shape index (κ3) is 4.36. The van der Waals surface area contributed by atoms with Gasteiger partial charge in [0, 0.05) is 38.2 Å². The minimum atomic E-state index is -2.98. The number of sulfone groups is 1. The molecule has 1 unspecified atom stereocenters. The maximum absolute atomic E-state index is 13.2. The third-order valence-electron chi connectivity index (χ3n) is 4.78. The summed E-state index contributed by atoms with van der Waals surface area (Å²) >= 11 is 0. The Morgan fingerprint density at radius 1 is 1.12 bits per heavy atom. The van der Waals surface area contributed by atoms with Crippen LogP contribution in [0.15, 0.2) is 24.3 Å². The van der Waals surface area contributed by atoms with Crippen molar-refractivity contribution in [2.75, 3.05) is 37.7 Å². The SMILES string of the molecule is O=C(CC1CCS(=O)(=O)C1)N1CCN(C(=O)c2cccc(F)c2)CC1. The molecule has 0 aromatic heterocycles. The van der Waals surface area contributed by atoms with E-state index >= 15 is 0 Å². The highest BCUT2D eigenvalue weighted by molar-refractivity contribution is 7.91. The van der Waals surface area contributed by atoms with Crippen LogP contribution in [0.5, 0.6) is 0 Å². The van der Waals surface area contributed by atoms with E-state index in [0.29, 0.717) is 38.2 Å². The van der Waals surface area contributed by atoms with Gasteiger partial charge in [-0.1, -0.05) is 6.07 Å². The van der Waals surface area contributed by atoms with Gasteiger partial charge in [-0.25, -0.2) is 12.8 Å². The van der Waals surface area contributed by atoms with Crippen molar-refractivity contribution in [2.24, 2.45) is 5.92 Å². The summed E-state index contributed by atoms with van der Waals surface area (Å²) in [4.78, 5) is 28.0. The minimum Gasteiger partial charge on any atom is -0.339 e. The van der Waals surface area contributed by atoms with Crippen molar-refractivity contribution in [3.63, 3.8) is 0 Å². The predicted octanol–water partition coefficient (Wildman–Crippen LogP) is 0.935. The number of hydrogen-bond acceptors (Lipinski definition) is 4. The summed E-state index contributed by atoms with van der Waals surface area (Å²) in [6.45, 7) is 1.62. The highest BCUT2D eigenvalue weighted by Gasteiger charge is 2.32. The minimum absolute atomic E-state index is 0.0556. The lowest BCUT2D eigenvalue weighted by molar-refractivity contribution is -0.133. The number of halogens is 1. The molecule has 1 aromatic carbocycles. The molecule has 0 aliphatic carbocycles. The molecule has 0 spiro atoms. The van der Waals surface area contributed by atoms with Crippen LogP contribution in [0.1, 0.15) is 23.2 Å². The monoisotopic (exact) mass is 368 g/mol. The second kappa shape index (κ2) is 7.11. The number of piperazine rings is 1. The van der Waals surface area contributed by atoms with Crippen LogP contribution in [0, 0.1) is 11.7 Å². The first kappa shape index (κ1) is 17.8. The van der Waals surface area contributed by atoms with Gasteiger partial charge in [0.1, 0.15) is 5.82 Å². The van der Waals surface area contributed by atoms with E-state index in [2.05, 4.69) is 0 Å². The zero-order valence-electron chi connectivity index (χ0n) is 13.9. The summed E-state index contributed by atoms with van der Waals surface area (Å²) in [5.74, 6) is -0.582. The first-order chi connectivity index (χ1) is 11.8. The Hall–Kier alpha value is -1.96. The van der Waals surface area contributed by atoms with Crippen molar-refractivity contribution in [1.29, 1.82) is 0 Å². The summed E-state index contributed by atoms with van der Waals surface area (Å²) < 4.78 is 36.2. The van der Waals surface area contributed by atoms with E-state index in [1.54, 1.807) is 15.9 Å². The first-order valence-electron chi connectivity index (χ1n) is 8.37. The molecule has 6 nitrogen and oxygen atoms in total. The van der Waals surface area contributed by atoms with Gasteiger partial charge in [0.25, 0.3) is 5.91 Å². The van der Waals surface area contributed by atoms with Crippen molar-refractivity contribution in [1.82, 2.24) is 9.80 Å². The highest BCUT2D eigenvalue weighted by Crippen LogP contribution is 2.22. The average molecular weight is 368 g/mol. The molecule has 25 heavy (non-hydrogen) atoms. The zero-order chi connectivity index (χ0) is 18.0. The molecule has 0 saturated carbocycles. The Morgan fingerprint density at radius 3 is 2.40 bits per heavy atom. The van der Waals surface area contributed by atoms with E-state index in [9.17, 15) is 22.4 Å². The summed E-state index contributed by atoms with van der Waals surface area (Å²) in [7, 11) is -2.98. The molecule has 0 bridgehead atoms. The molecule has 136 valence electrons. The molecule has 3 rings (SSSR count). The molecule has 2 aliphatic rings. The van der Waals surface area contributed by atoms with Crippen molar-refractivity contribution >= 4 is 21.7 Å². The van der Waals surface area contributed by atoms with Gasteiger partial charge < -0.3 is 9.80 Å². The second-order valence-corrected chi connectivity index (χ2v) is 8.89. The lowest BCUT2D eigenvalue weighted by atomic mass is 10.0. The third-order valence-corrected chi connectivity index (χ3v) is 6.62. The Morgan fingerprint density at radius 2 is 1.80 bits per heavy atom. The van der Waals surface area contributed by atoms with Crippen LogP contribution >= 0.6 is 0 Å². The number of hydrogen-bond donors (Lipinski definition) is 0. The molecule has 1 aromatic rings. The predicted molar refractivity (Wildman–Crippen MR) is 90.3 cm³/mol. The van der Waals surface area contributed by atoms with Crippen LogP contribution in [0.4, 0.5) is 4.39 Å². The number of carbonyl (C=O) groups is 2. The summed E-state index contributed by atoms with van der Waals surface area (Å²) in [6.07, 6.45) is 0.795. The largest absolute Gasteiger partial charge is 0.339 e. The van der Waals surface area contributed by atoms with Gasteiger partial charge in [0.05, 0.1) is 11.5 Å². The van der Waals surface area contributed by atoms with Crippen molar-refractivity contribution < 1.29 is 22.4 Å². The van der Waals surface area contributed by atoms with Gasteiger partial charge in [-0.15, -0.1) is 0 Å². The van der Waals surface area contributed by atoms with Gasteiger partial charge in [-0.05, 0) is 30.5 Å². The molecule has 0 radical (unpaired) electrons. The lowest BCUT2D eigenvalue weighted by Gasteiger charge is -2.35. The van der Waals surface area contributed by atoms with Crippen molar-refractivity contribution in [3.8, 4) is 0 Å². The highest BCUT2D eigenvalue weighted by atomic mass is 32.2. The van der Waals surface area contributed by atoms with Crippen LogP contribution in [-0.4, -0.2) is 67.7 Å². The Bertz CT molecular complexity index is 773. The number of benzene rings is 1. The maximum Gasteiger partial charge on any atom is 0.254 e. The molecule has 1 atom stereocenters. The van der Waals surface area contributed by atoms with Gasteiger partial charge in [-0.2, -0.15) is 0 Å². The fourth-order valence-corrected chi connectivity index (χ4v) is 5.23. The molecule has 2 heterocycles.